The fourth-order valence-electron chi connectivity index (χ4n) is 3.25. The third-order valence-corrected chi connectivity index (χ3v) is 6.74. The second kappa shape index (κ2) is 10.2. The van der Waals surface area contributed by atoms with Crippen LogP contribution in [0.15, 0.2) is 83.8 Å². The fourth-order valence-corrected chi connectivity index (χ4v) is 4.68. The highest BCUT2D eigenvalue weighted by Crippen LogP contribution is 2.32. The summed E-state index contributed by atoms with van der Waals surface area (Å²) < 4.78 is 38.6. The molecule has 0 unspecified atom stereocenters. The summed E-state index contributed by atoms with van der Waals surface area (Å²) in [5.41, 5.74) is 1.19. The number of sulfonamides is 1. The number of benzene rings is 3. The number of para-hydroxylation sites is 2. The van der Waals surface area contributed by atoms with E-state index in [0.29, 0.717) is 11.5 Å². The molecule has 1 N–H and O–H groups in total. The van der Waals surface area contributed by atoms with Crippen molar-refractivity contribution in [2.24, 2.45) is 0 Å². The summed E-state index contributed by atoms with van der Waals surface area (Å²) >= 11 is 0. The lowest BCUT2D eigenvalue weighted by Crippen LogP contribution is -2.41. The average Bonchev–Trinajstić information content (AvgIpc) is 2.83. The van der Waals surface area contributed by atoms with E-state index < -0.39 is 22.5 Å². The first-order chi connectivity index (χ1) is 15.4. The van der Waals surface area contributed by atoms with Gasteiger partial charge < -0.3 is 14.8 Å². The molecule has 168 valence electrons. The zero-order chi connectivity index (χ0) is 23.1. The summed E-state index contributed by atoms with van der Waals surface area (Å²) in [7, 11) is -1.11. The first kappa shape index (κ1) is 23.1. The van der Waals surface area contributed by atoms with Crippen LogP contribution in [0.1, 0.15) is 18.5 Å². The topological polar surface area (TPSA) is 84.9 Å². The van der Waals surface area contributed by atoms with Crippen LogP contribution in [0.25, 0.3) is 0 Å². The molecule has 0 radical (unpaired) electrons. The van der Waals surface area contributed by atoms with Crippen molar-refractivity contribution in [1.82, 2.24) is 5.32 Å². The zero-order valence-electron chi connectivity index (χ0n) is 18.2. The number of anilines is 1. The first-order valence-electron chi connectivity index (χ1n) is 10.0. The molecular weight excluding hydrogens is 428 g/mol. The summed E-state index contributed by atoms with van der Waals surface area (Å²) in [6, 6.07) is 21.9. The predicted octanol–water partition coefficient (Wildman–Crippen LogP) is 3.78. The number of methoxy groups -OCH3 is 2. The number of amides is 1. The van der Waals surface area contributed by atoms with Gasteiger partial charge in [-0.1, -0.05) is 42.5 Å². The van der Waals surface area contributed by atoms with Gasteiger partial charge in [0.25, 0.3) is 10.0 Å². The normalized spacial score (nSPS) is 12.0. The van der Waals surface area contributed by atoms with Gasteiger partial charge in [-0.05, 0) is 48.9 Å². The summed E-state index contributed by atoms with van der Waals surface area (Å²) in [6.45, 7) is 1.44. The Labute approximate surface area is 188 Å². The van der Waals surface area contributed by atoms with E-state index >= 15 is 0 Å². The maximum Gasteiger partial charge on any atom is 0.264 e. The van der Waals surface area contributed by atoms with Crippen LogP contribution in [-0.4, -0.2) is 35.1 Å². The number of carbonyl (C=O) groups is 1. The smallest absolute Gasteiger partial charge is 0.264 e. The third kappa shape index (κ3) is 5.20. The molecule has 0 aliphatic rings. The van der Waals surface area contributed by atoms with Gasteiger partial charge in [-0.3, -0.25) is 9.10 Å². The van der Waals surface area contributed by atoms with Crippen molar-refractivity contribution in [2.75, 3.05) is 25.1 Å². The van der Waals surface area contributed by atoms with Crippen molar-refractivity contribution in [1.29, 1.82) is 0 Å². The number of ether oxygens (including phenoxy) is 2. The third-order valence-electron chi connectivity index (χ3n) is 4.97. The van der Waals surface area contributed by atoms with Crippen molar-refractivity contribution in [2.45, 2.75) is 17.9 Å². The Hall–Kier alpha value is -3.52. The Bertz CT molecular complexity index is 1150. The lowest BCUT2D eigenvalue weighted by atomic mass is 10.1. The minimum atomic E-state index is -4.07. The van der Waals surface area contributed by atoms with Crippen molar-refractivity contribution < 1.29 is 22.7 Å². The van der Waals surface area contributed by atoms with Gasteiger partial charge >= 0.3 is 0 Å². The number of rotatable bonds is 9. The molecule has 3 rings (SSSR count). The second-order valence-electron chi connectivity index (χ2n) is 7.06. The Kier molecular flexibility index (Phi) is 7.37. The molecular formula is C24H26N2O5S. The number of hydrogen-bond acceptors (Lipinski definition) is 5. The van der Waals surface area contributed by atoms with E-state index in [1.807, 2.05) is 37.3 Å². The summed E-state index contributed by atoms with van der Waals surface area (Å²) in [6.07, 6.45) is 0. The van der Waals surface area contributed by atoms with E-state index in [2.05, 4.69) is 5.32 Å². The summed E-state index contributed by atoms with van der Waals surface area (Å²) in [4.78, 5) is 12.9. The van der Waals surface area contributed by atoms with Crippen LogP contribution in [0.2, 0.25) is 0 Å². The maximum absolute atomic E-state index is 13.5. The maximum atomic E-state index is 13.5. The first-order valence-corrected chi connectivity index (χ1v) is 11.4. The molecule has 32 heavy (non-hydrogen) atoms. The van der Waals surface area contributed by atoms with E-state index in [-0.39, 0.29) is 16.6 Å². The van der Waals surface area contributed by atoms with E-state index in [1.165, 1.54) is 26.4 Å². The molecule has 0 aliphatic carbocycles. The molecule has 3 aromatic rings. The molecule has 3 aromatic carbocycles. The molecule has 0 saturated carbocycles. The van der Waals surface area contributed by atoms with Crippen molar-refractivity contribution >= 4 is 21.6 Å². The Morgan fingerprint density at radius 2 is 1.53 bits per heavy atom. The number of nitrogens with zero attached hydrogens (tertiary/aromatic N) is 1. The largest absolute Gasteiger partial charge is 0.497 e. The Balaban J connectivity index is 1.94. The van der Waals surface area contributed by atoms with Crippen molar-refractivity contribution in [3.05, 3.63) is 84.4 Å². The molecule has 1 atom stereocenters. The monoisotopic (exact) mass is 454 g/mol. The molecule has 0 fully saturated rings. The lowest BCUT2D eigenvalue weighted by Gasteiger charge is -2.26. The highest BCUT2D eigenvalue weighted by Gasteiger charge is 2.29. The van der Waals surface area contributed by atoms with Crippen LogP contribution in [0.4, 0.5) is 5.69 Å². The van der Waals surface area contributed by atoms with E-state index in [0.717, 1.165) is 9.87 Å². The molecule has 8 heteroatoms. The Morgan fingerprint density at radius 1 is 0.906 bits per heavy atom. The second-order valence-corrected chi connectivity index (χ2v) is 8.92. The Morgan fingerprint density at radius 3 is 2.16 bits per heavy atom. The van der Waals surface area contributed by atoms with Crippen LogP contribution < -0.4 is 19.1 Å². The van der Waals surface area contributed by atoms with Crippen LogP contribution in [-0.2, 0) is 14.8 Å². The van der Waals surface area contributed by atoms with Crippen LogP contribution >= 0.6 is 0 Å². The molecule has 7 nitrogen and oxygen atoms in total. The fraction of sp³-hybridized carbons (Fsp3) is 0.208. The molecule has 0 bridgehead atoms. The number of carbonyl (C=O) groups excluding carboxylic acids is 1. The average molecular weight is 455 g/mol. The molecule has 0 heterocycles. The van der Waals surface area contributed by atoms with Crippen LogP contribution in [0.5, 0.6) is 11.5 Å². The standard InChI is InChI=1S/C24H26N2O5S/c1-18(19-9-5-4-6-10-19)25-24(27)17-26(22-11-7-8-12-23(22)31-3)32(28,29)21-15-13-20(30-2)14-16-21/h4-16,18H,17H2,1-3H3,(H,25,27)/t18-/m1/s1. The van der Waals surface area contributed by atoms with Gasteiger partial charge in [0.15, 0.2) is 0 Å². The molecule has 0 aromatic heterocycles. The number of hydrogen-bond donors (Lipinski definition) is 1. The summed E-state index contributed by atoms with van der Waals surface area (Å²) in [5, 5.41) is 2.87. The summed E-state index contributed by atoms with van der Waals surface area (Å²) in [5.74, 6) is 0.431. The molecule has 0 spiro atoms. The van der Waals surface area contributed by atoms with Gasteiger partial charge in [0.2, 0.25) is 5.91 Å². The van der Waals surface area contributed by atoms with Gasteiger partial charge in [0.1, 0.15) is 18.0 Å². The molecule has 0 saturated heterocycles. The van der Waals surface area contributed by atoms with E-state index in [9.17, 15) is 13.2 Å². The van der Waals surface area contributed by atoms with Gasteiger partial charge in [0.05, 0.1) is 30.8 Å². The minimum Gasteiger partial charge on any atom is -0.497 e. The van der Waals surface area contributed by atoms with Crippen LogP contribution in [0.3, 0.4) is 0 Å². The van der Waals surface area contributed by atoms with E-state index in [4.69, 9.17) is 9.47 Å². The zero-order valence-corrected chi connectivity index (χ0v) is 19.0. The van der Waals surface area contributed by atoms with Gasteiger partial charge in [-0.15, -0.1) is 0 Å². The SMILES string of the molecule is COc1ccc(S(=O)(=O)N(CC(=O)N[C@H](C)c2ccccc2)c2ccccc2OC)cc1. The van der Waals surface area contributed by atoms with Gasteiger partial charge in [-0.2, -0.15) is 0 Å². The van der Waals surface area contributed by atoms with Crippen LogP contribution in [0, 0.1) is 0 Å². The lowest BCUT2D eigenvalue weighted by molar-refractivity contribution is -0.120. The molecule has 0 aliphatic heterocycles. The van der Waals surface area contributed by atoms with Crippen molar-refractivity contribution in [3.63, 3.8) is 0 Å². The van der Waals surface area contributed by atoms with Gasteiger partial charge in [-0.25, -0.2) is 8.42 Å². The quantitative estimate of drug-likeness (QED) is 0.532. The van der Waals surface area contributed by atoms with Crippen molar-refractivity contribution in [3.8, 4) is 11.5 Å². The number of nitrogens with one attached hydrogen (secondary N) is 1. The highest BCUT2D eigenvalue weighted by molar-refractivity contribution is 7.92. The van der Waals surface area contributed by atoms with Gasteiger partial charge in [0, 0.05) is 0 Å². The highest BCUT2D eigenvalue weighted by atomic mass is 32.2. The molecule has 1 amide bonds. The minimum absolute atomic E-state index is 0.0353. The predicted molar refractivity (Wildman–Crippen MR) is 124 cm³/mol. The van der Waals surface area contributed by atoms with E-state index in [1.54, 1.807) is 36.4 Å².